The summed E-state index contributed by atoms with van der Waals surface area (Å²) in [5.41, 5.74) is 1.00. The lowest BCUT2D eigenvalue weighted by Gasteiger charge is -2.37. The van der Waals surface area contributed by atoms with Gasteiger partial charge in [0.05, 0.1) is 35.5 Å². The summed E-state index contributed by atoms with van der Waals surface area (Å²) in [5.74, 6) is 0.134. The van der Waals surface area contributed by atoms with Crippen molar-refractivity contribution in [2.75, 3.05) is 26.2 Å². The van der Waals surface area contributed by atoms with Crippen molar-refractivity contribution in [1.29, 1.82) is 0 Å². The number of likely N-dealkylation sites (tertiary alicyclic amines) is 1. The van der Waals surface area contributed by atoms with Crippen molar-refractivity contribution in [3.63, 3.8) is 0 Å². The molecule has 0 aliphatic carbocycles. The van der Waals surface area contributed by atoms with Gasteiger partial charge in [-0.05, 0) is 37.5 Å². The number of hydrogen-bond donors (Lipinski definition) is 1. The van der Waals surface area contributed by atoms with Crippen molar-refractivity contribution >= 4 is 29.1 Å². The third-order valence-electron chi connectivity index (χ3n) is 4.81. The number of halogens is 2. The number of ether oxygens (including phenoxy) is 2. The first kappa shape index (κ1) is 18.9. The molecule has 2 saturated heterocycles. The molecule has 1 aromatic rings. The van der Waals surface area contributed by atoms with E-state index in [2.05, 4.69) is 5.32 Å². The van der Waals surface area contributed by atoms with Crippen LogP contribution in [0.1, 0.15) is 25.3 Å². The van der Waals surface area contributed by atoms with Gasteiger partial charge in [0.2, 0.25) is 5.91 Å². The molecule has 2 fully saturated rings. The van der Waals surface area contributed by atoms with Crippen molar-refractivity contribution in [2.45, 2.75) is 44.6 Å². The second kappa shape index (κ2) is 8.69. The Morgan fingerprint density at radius 1 is 1.32 bits per heavy atom. The molecule has 2 aliphatic rings. The van der Waals surface area contributed by atoms with E-state index in [1.807, 2.05) is 24.0 Å². The zero-order valence-corrected chi connectivity index (χ0v) is 15.9. The number of benzene rings is 1. The van der Waals surface area contributed by atoms with Crippen molar-refractivity contribution < 1.29 is 14.3 Å². The minimum atomic E-state index is -0.234. The molecule has 2 atom stereocenters. The molecule has 2 aliphatic heterocycles. The number of nitrogens with zero attached hydrogens (tertiary/aromatic N) is 1. The highest BCUT2D eigenvalue weighted by Crippen LogP contribution is 2.24. The number of rotatable bonds is 4. The van der Waals surface area contributed by atoms with Gasteiger partial charge >= 0.3 is 0 Å². The maximum Gasteiger partial charge on any atom is 0.242 e. The average Bonchev–Trinajstić information content (AvgIpc) is 2.63. The third kappa shape index (κ3) is 4.86. The van der Waals surface area contributed by atoms with Crippen LogP contribution in [-0.2, 0) is 20.9 Å². The molecule has 0 aromatic heterocycles. The standard InChI is InChI=1S/C18H24Cl2N2O3/c1-12-17(21-6-9-24-12)18(23)22-7-4-14(5-8-22)25-11-13-2-3-15(19)16(20)10-13/h2-3,10,12,14,17,21H,4-9,11H2,1H3/t12-,17+/m1/s1. The van der Waals surface area contributed by atoms with Crippen LogP contribution in [0.15, 0.2) is 18.2 Å². The summed E-state index contributed by atoms with van der Waals surface area (Å²) in [6.07, 6.45) is 1.76. The van der Waals surface area contributed by atoms with Crippen LogP contribution < -0.4 is 5.32 Å². The van der Waals surface area contributed by atoms with Gasteiger partial charge in [-0.1, -0.05) is 29.3 Å². The van der Waals surface area contributed by atoms with E-state index in [0.717, 1.165) is 38.0 Å². The zero-order chi connectivity index (χ0) is 17.8. The van der Waals surface area contributed by atoms with Crippen molar-refractivity contribution in [2.24, 2.45) is 0 Å². The molecule has 7 heteroatoms. The summed E-state index contributed by atoms with van der Waals surface area (Å²) in [5, 5.41) is 4.35. The Hall–Kier alpha value is -0.850. The molecule has 0 saturated carbocycles. The minimum absolute atomic E-state index is 0.0788. The number of hydrogen-bond acceptors (Lipinski definition) is 4. The van der Waals surface area contributed by atoms with E-state index in [0.29, 0.717) is 23.3 Å². The summed E-state index contributed by atoms with van der Waals surface area (Å²) >= 11 is 12.0. The number of carbonyl (C=O) groups excluding carboxylic acids is 1. The fourth-order valence-corrected chi connectivity index (χ4v) is 3.61. The lowest BCUT2D eigenvalue weighted by atomic mass is 10.0. The average molecular weight is 387 g/mol. The van der Waals surface area contributed by atoms with Crippen LogP contribution in [0.2, 0.25) is 10.0 Å². The maximum absolute atomic E-state index is 12.6. The Bertz CT molecular complexity index is 606. The van der Waals surface area contributed by atoms with Gasteiger partial charge in [0, 0.05) is 19.6 Å². The lowest BCUT2D eigenvalue weighted by molar-refractivity contribution is -0.142. The predicted molar refractivity (Wildman–Crippen MR) is 98.1 cm³/mol. The summed E-state index contributed by atoms with van der Waals surface area (Å²) in [6.45, 7) is 5.28. The van der Waals surface area contributed by atoms with Crippen molar-refractivity contribution in [3.8, 4) is 0 Å². The Morgan fingerprint density at radius 3 is 2.76 bits per heavy atom. The van der Waals surface area contributed by atoms with Gasteiger partial charge in [-0.3, -0.25) is 4.79 Å². The third-order valence-corrected chi connectivity index (χ3v) is 5.54. The van der Waals surface area contributed by atoms with E-state index in [1.165, 1.54) is 0 Å². The number of amides is 1. The largest absolute Gasteiger partial charge is 0.375 e. The molecular formula is C18H24Cl2N2O3. The van der Waals surface area contributed by atoms with Crippen LogP contribution in [0.5, 0.6) is 0 Å². The fraction of sp³-hybridized carbons (Fsp3) is 0.611. The van der Waals surface area contributed by atoms with E-state index < -0.39 is 0 Å². The molecule has 1 amide bonds. The Labute approximate surface area is 158 Å². The summed E-state index contributed by atoms with van der Waals surface area (Å²) < 4.78 is 11.6. The smallest absolute Gasteiger partial charge is 0.242 e. The lowest BCUT2D eigenvalue weighted by Crippen LogP contribution is -2.57. The van der Waals surface area contributed by atoms with Crippen molar-refractivity contribution in [3.05, 3.63) is 33.8 Å². The quantitative estimate of drug-likeness (QED) is 0.863. The van der Waals surface area contributed by atoms with Gasteiger partial charge in [-0.2, -0.15) is 0 Å². The summed E-state index contributed by atoms with van der Waals surface area (Å²) in [6, 6.07) is 5.30. The van der Waals surface area contributed by atoms with Gasteiger partial charge in [-0.25, -0.2) is 0 Å². The molecule has 1 aromatic carbocycles. The minimum Gasteiger partial charge on any atom is -0.375 e. The number of piperidine rings is 1. The van der Waals surface area contributed by atoms with Crippen LogP contribution in [0.3, 0.4) is 0 Å². The predicted octanol–water partition coefficient (Wildman–Crippen LogP) is 2.88. The SMILES string of the molecule is C[C@H]1OCCN[C@@H]1C(=O)N1CCC(OCc2ccc(Cl)c(Cl)c2)CC1. The van der Waals surface area contributed by atoms with Crippen molar-refractivity contribution in [1.82, 2.24) is 10.2 Å². The molecule has 3 rings (SSSR count). The molecule has 2 heterocycles. The first-order valence-electron chi connectivity index (χ1n) is 8.74. The molecule has 1 N–H and O–H groups in total. The van der Waals surface area contributed by atoms with Gasteiger partial charge in [0.15, 0.2) is 0 Å². The Kier molecular flexibility index (Phi) is 6.58. The van der Waals surface area contributed by atoms with E-state index in [4.69, 9.17) is 32.7 Å². The molecular weight excluding hydrogens is 363 g/mol. The van der Waals surface area contributed by atoms with E-state index >= 15 is 0 Å². The molecule has 138 valence electrons. The normalized spacial score (nSPS) is 25.2. The highest BCUT2D eigenvalue weighted by Gasteiger charge is 2.33. The maximum atomic E-state index is 12.6. The van der Waals surface area contributed by atoms with Crippen LogP contribution in [0.25, 0.3) is 0 Å². The van der Waals surface area contributed by atoms with Crippen LogP contribution in [0, 0.1) is 0 Å². The molecule has 0 spiro atoms. The summed E-state index contributed by atoms with van der Waals surface area (Å²) in [4.78, 5) is 14.6. The first-order chi connectivity index (χ1) is 12.0. The van der Waals surface area contributed by atoms with Gasteiger partial charge in [0.25, 0.3) is 0 Å². The van der Waals surface area contributed by atoms with E-state index in [9.17, 15) is 4.79 Å². The Morgan fingerprint density at radius 2 is 2.08 bits per heavy atom. The number of carbonyl (C=O) groups is 1. The molecule has 5 nitrogen and oxygen atoms in total. The monoisotopic (exact) mass is 386 g/mol. The fourth-order valence-electron chi connectivity index (χ4n) is 3.29. The van der Waals surface area contributed by atoms with Gasteiger partial charge < -0.3 is 19.7 Å². The van der Waals surface area contributed by atoms with E-state index in [-0.39, 0.29) is 24.2 Å². The zero-order valence-electron chi connectivity index (χ0n) is 14.3. The summed E-state index contributed by atoms with van der Waals surface area (Å²) in [7, 11) is 0. The molecule has 0 unspecified atom stereocenters. The van der Waals surface area contributed by atoms with Gasteiger partial charge in [0.1, 0.15) is 6.04 Å². The second-order valence-electron chi connectivity index (χ2n) is 6.59. The second-order valence-corrected chi connectivity index (χ2v) is 7.41. The number of morpholine rings is 1. The highest BCUT2D eigenvalue weighted by atomic mass is 35.5. The van der Waals surface area contributed by atoms with E-state index in [1.54, 1.807) is 6.07 Å². The van der Waals surface area contributed by atoms with Gasteiger partial charge in [-0.15, -0.1) is 0 Å². The Balaban J connectivity index is 1.45. The first-order valence-corrected chi connectivity index (χ1v) is 9.49. The molecule has 0 bridgehead atoms. The molecule has 25 heavy (non-hydrogen) atoms. The topological polar surface area (TPSA) is 50.8 Å². The molecule has 0 radical (unpaired) electrons. The van der Waals surface area contributed by atoms with Crippen LogP contribution in [-0.4, -0.2) is 55.3 Å². The van der Waals surface area contributed by atoms with Crippen LogP contribution >= 0.6 is 23.2 Å². The highest BCUT2D eigenvalue weighted by molar-refractivity contribution is 6.42. The van der Waals surface area contributed by atoms with Crippen LogP contribution in [0.4, 0.5) is 0 Å². The number of nitrogens with one attached hydrogen (secondary N) is 1.